The van der Waals surface area contributed by atoms with Crippen molar-refractivity contribution >= 4 is 18.0 Å². The van der Waals surface area contributed by atoms with E-state index in [-0.39, 0.29) is 13.0 Å². The van der Waals surface area contributed by atoms with Gasteiger partial charge in [0.2, 0.25) is 5.91 Å². The van der Waals surface area contributed by atoms with E-state index in [1.807, 2.05) is 5.32 Å². The first-order chi connectivity index (χ1) is 7.06. The molecule has 0 saturated heterocycles. The Hall–Kier alpha value is -1.63. The number of methoxy groups -OCH3 is 1. The monoisotopic (exact) mass is 218 g/mol. The summed E-state index contributed by atoms with van der Waals surface area (Å²) < 4.78 is 4.20. The molecule has 0 rings (SSSR count). The van der Waals surface area contributed by atoms with E-state index in [1.54, 1.807) is 0 Å². The zero-order chi connectivity index (χ0) is 11.7. The summed E-state index contributed by atoms with van der Waals surface area (Å²) in [7, 11) is 1.16. The Labute approximate surface area is 86.8 Å². The molecule has 86 valence electrons. The van der Waals surface area contributed by atoms with E-state index in [2.05, 4.69) is 10.1 Å². The lowest BCUT2D eigenvalue weighted by atomic mass is 10.3. The molecule has 3 N–H and O–H groups in total. The van der Waals surface area contributed by atoms with Crippen molar-refractivity contribution in [1.29, 1.82) is 0 Å². The van der Waals surface area contributed by atoms with Crippen molar-refractivity contribution < 1.29 is 24.2 Å². The number of hydrogen-bond acceptors (Lipinski definition) is 5. The SMILES string of the molecule is COC(=O)NC(=O)CNCCCC(=O)O. The van der Waals surface area contributed by atoms with Gasteiger partial charge in [-0.15, -0.1) is 0 Å². The van der Waals surface area contributed by atoms with Crippen LogP contribution in [0.2, 0.25) is 0 Å². The van der Waals surface area contributed by atoms with Gasteiger partial charge in [-0.25, -0.2) is 4.79 Å². The van der Waals surface area contributed by atoms with Gasteiger partial charge < -0.3 is 15.2 Å². The van der Waals surface area contributed by atoms with Crippen molar-refractivity contribution in [2.24, 2.45) is 0 Å². The lowest BCUT2D eigenvalue weighted by molar-refractivity contribution is -0.137. The van der Waals surface area contributed by atoms with Crippen LogP contribution < -0.4 is 10.6 Å². The molecule has 0 unspecified atom stereocenters. The average Bonchev–Trinajstić information content (AvgIpc) is 2.16. The van der Waals surface area contributed by atoms with E-state index in [9.17, 15) is 14.4 Å². The number of alkyl carbamates (subject to hydrolysis) is 1. The van der Waals surface area contributed by atoms with Crippen molar-refractivity contribution in [3.05, 3.63) is 0 Å². The topological polar surface area (TPSA) is 105 Å². The van der Waals surface area contributed by atoms with Gasteiger partial charge in [0, 0.05) is 6.42 Å². The summed E-state index contributed by atoms with van der Waals surface area (Å²) >= 11 is 0. The van der Waals surface area contributed by atoms with E-state index in [4.69, 9.17) is 5.11 Å². The molecule has 0 heterocycles. The molecule has 0 bridgehead atoms. The molecule has 0 radical (unpaired) electrons. The summed E-state index contributed by atoms with van der Waals surface area (Å²) in [6.07, 6.45) is -0.334. The van der Waals surface area contributed by atoms with Crippen LogP contribution in [0, 0.1) is 0 Å². The standard InChI is InChI=1S/C8H14N2O5/c1-15-8(14)10-6(11)5-9-4-2-3-7(12)13/h9H,2-5H2,1H3,(H,12,13)(H,10,11,14). The number of rotatable bonds is 6. The second kappa shape index (κ2) is 7.74. The van der Waals surface area contributed by atoms with Gasteiger partial charge in [0.05, 0.1) is 13.7 Å². The minimum absolute atomic E-state index is 0.0469. The number of nitrogens with one attached hydrogen (secondary N) is 2. The summed E-state index contributed by atoms with van der Waals surface area (Å²) in [6.45, 7) is 0.357. The Morgan fingerprint density at radius 2 is 2.00 bits per heavy atom. The molecule has 7 heteroatoms. The number of carboxylic acid groups (broad SMARTS) is 1. The van der Waals surface area contributed by atoms with Crippen LogP contribution in [0.5, 0.6) is 0 Å². The number of amides is 2. The van der Waals surface area contributed by atoms with E-state index in [1.165, 1.54) is 0 Å². The first-order valence-electron chi connectivity index (χ1n) is 4.36. The quantitative estimate of drug-likeness (QED) is 0.510. The van der Waals surface area contributed by atoms with E-state index >= 15 is 0 Å². The summed E-state index contributed by atoms with van der Waals surface area (Å²) in [5, 5.41) is 12.9. The summed E-state index contributed by atoms with van der Waals surface area (Å²) in [6, 6.07) is 0. The molecule has 0 atom stereocenters. The maximum atomic E-state index is 10.9. The normalized spacial score (nSPS) is 9.40. The fraction of sp³-hybridized carbons (Fsp3) is 0.625. The van der Waals surface area contributed by atoms with Gasteiger partial charge in [0.25, 0.3) is 0 Å². The number of carbonyl (C=O) groups excluding carboxylic acids is 2. The third-order valence-electron chi connectivity index (χ3n) is 1.46. The second-order valence-corrected chi connectivity index (χ2v) is 2.71. The number of aliphatic carboxylic acids is 1. The Morgan fingerprint density at radius 3 is 2.53 bits per heavy atom. The molecule has 2 amide bonds. The van der Waals surface area contributed by atoms with Gasteiger partial charge in [-0.2, -0.15) is 0 Å². The number of ether oxygens (including phenoxy) is 1. The molecule has 0 aromatic carbocycles. The van der Waals surface area contributed by atoms with Crippen LogP contribution in [0.4, 0.5) is 4.79 Å². The highest BCUT2D eigenvalue weighted by Crippen LogP contribution is 1.85. The Balaban J connectivity index is 3.39. The minimum atomic E-state index is -0.879. The fourth-order valence-corrected chi connectivity index (χ4v) is 0.776. The molecule has 0 aromatic rings. The molecule has 0 aliphatic heterocycles. The summed E-state index contributed by atoms with van der Waals surface area (Å²) in [5.74, 6) is -1.40. The zero-order valence-electron chi connectivity index (χ0n) is 8.41. The summed E-state index contributed by atoms with van der Waals surface area (Å²) in [5.41, 5.74) is 0. The van der Waals surface area contributed by atoms with Crippen LogP contribution in [0.15, 0.2) is 0 Å². The molecule has 0 spiro atoms. The van der Waals surface area contributed by atoms with Crippen LogP contribution in [-0.2, 0) is 14.3 Å². The van der Waals surface area contributed by atoms with Gasteiger partial charge in [-0.3, -0.25) is 14.9 Å². The Morgan fingerprint density at radius 1 is 1.33 bits per heavy atom. The second-order valence-electron chi connectivity index (χ2n) is 2.71. The van der Waals surface area contributed by atoms with E-state index in [0.29, 0.717) is 13.0 Å². The van der Waals surface area contributed by atoms with Crippen molar-refractivity contribution in [2.75, 3.05) is 20.2 Å². The Kier molecular flexibility index (Phi) is 6.90. The highest BCUT2D eigenvalue weighted by molar-refractivity contribution is 5.92. The maximum Gasteiger partial charge on any atom is 0.413 e. The zero-order valence-corrected chi connectivity index (χ0v) is 8.41. The molecular weight excluding hydrogens is 204 g/mol. The predicted molar refractivity (Wildman–Crippen MR) is 50.3 cm³/mol. The summed E-state index contributed by atoms with van der Waals surface area (Å²) in [4.78, 5) is 31.6. The molecular formula is C8H14N2O5. The first kappa shape index (κ1) is 13.4. The predicted octanol–water partition coefficient (Wildman–Crippen LogP) is -0.677. The molecule has 0 aliphatic carbocycles. The van der Waals surface area contributed by atoms with Crippen LogP contribution in [-0.4, -0.2) is 43.3 Å². The lowest BCUT2D eigenvalue weighted by Gasteiger charge is -2.03. The largest absolute Gasteiger partial charge is 0.481 e. The fourth-order valence-electron chi connectivity index (χ4n) is 0.776. The molecule has 7 nitrogen and oxygen atoms in total. The number of carbonyl (C=O) groups is 3. The highest BCUT2D eigenvalue weighted by atomic mass is 16.5. The first-order valence-corrected chi connectivity index (χ1v) is 4.36. The minimum Gasteiger partial charge on any atom is -0.481 e. The highest BCUT2D eigenvalue weighted by Gasteiger charge is 2.05. The van der Waals surface area contributed by atoms with Gasteiger partial charge >= 0.3 is 12.1 Å². The molecule has 0 fully saturated rings. The van der Waals surface area contributed by atoms with E-state index in [0.717, 1.165) is 7.11 Å². The molecule has 0 aromatic heterocycles. The van der Waals surface area contributed by atoms with Crippen molar-refractivity contribution in [3.63, 3.8) is 0 Å². The van der Waals surface area contributed by atoms with Gasteiger partial charge in [0.1, 0.15) is 0 Å². The molecule has 0 aliphatic rings. The van der Waals surface area contributed by atoms with Gasteiger partial charge in [-0.05, 0) is 13.0 Å². The molecule has 0 saturated carbocycles. The number of hydrogen-bond donors (Lipinski definition) is 3. The number of imide groups is 1. The van der Waals surface area contributed by atoms with E-state index < -0.39 is 18.0 Å². The van der Waals surface area contributed by atoms with Crippen LogP contribution in [0.25, 0.3) is 0 Å². The lowest BCUT2D eigenvalue weighted by Crippen LogP contribution is -2.37. The maximum absolute atomic E-state index is 10.9. The van der Waals surface area contributed by atoms with Crippen LogP contribution >= 0.6 is 0 Å². The Bertz CT molecular complexity index is 241. The third-order valence-corrected chi connectivity index (χ3v) is 1.46. The van der Waals surface area contributed by atoms with Gasteiger partial charge in [0.15, 0.2) is 0 Å². The van der Waals surface area contributed by atoms with Crippen molar-refractivity contribution in [2.45, 2.75) is 12.8 Å². The van der Waals surface area contributed by atoms with Crippen molar-refractivity contribution in [1.82, 2.24) is 10.6 Å². The van der Waals surface area contributed by atoms with Gasteiger partial charge in [-0.1, -0.05) is 0 Å². The average molecular weight is 218 g/mol. The van der Waals surface area contributed by atoms with Crippen LogP contribution in [0.1, 0.15) is 12.8 Å². The van der Waals surface area contributed by atoms with Crippen molar-refractivity contribution in [3.8, 4) is 0 Å². The smallest absolute Gasteiger partial charge is 0.413 e. The molecule has 15 heavy (non-hydrogen) atoms. The third kappa shape index (κ3) is 8.69. The van der Waals surface area contributed by atoms with Crippen LogP contribution in [0.3, 0.4) is 0 Å². The number of carboxylic acids is 1.